The fourth-order valence-corrected chi connectivity index (χ4v) is 3.84. The van der Waals surface area contributed by atoms with Gasteiger partial charge in [0.1, 0.15) is 17.2 Å². The van der Waals surface area contributed by atoms with Crippen LogP contribution in [0.1, 0.15) is 5.56 Å². The summed E-state index contributed by atoms with van der Waals surface area (Å²) in [6.45, 7) is 1.59. The van der Waals surface area contributed by atoms with Gasteiger partial charge in [-0.15, -0.1) is 10.2 Å². The van der Waals surface area contributed by atoms with E-state index in [0.717, 1.165) is 17.7 Å². The van der Waals surface area contributed by atoms with Crippen LogP contribution in [0, 0.1) is 0 Å². The third-order valence-electron chi connectivity index (χ3n) is 5.81. The lowest BCUT2D eigenvalue weighted by molar-refractivity contribution is -0.137. The number of amides is 1. The number of nitrogens with zero attached hydrogens (tertiary/aromatic N) is 4. The van der Waals surface area contributed by atoms with Crippen molar-refractivity contribution in [3.63, 3.8) is 0 Å². The third-order valence-corrected chi connectivity index (χ3v) is 5.81. The predicted molar refractivity (Wildman–Crippen MR) is 126 cm³/mol. The van der Waals surface area contributed by atoms with Crippen LogP contribution >= 0.6 is 0 Å². The van der Waals surface area contributed by atoms with Crippen LogP contribution in [0.4, 0.5) is 19.0 Å². The van der Waals surface area contributed by atoms with Crippen LogP contribution < -0.4 is 19.1 Å². The molecular weight excluding hydrogens is 477 g/mol. The van der Waals surface area contributed by atoms with E-state index in [4.69, 9.17) is 14.2 Å². The molecule has 2 heterocycles. The molecule has 36 heavy (non-hydrogen) atoms. The number of piperazine rings is 1. The maximum absolute atomic E-state index is 12.9. The monoisotopic (exact) mass is 502 g/mol. The first kappa shape index (κ1) is 25.1. The topological polar surface area (TPSA) is 77.0 Å². The molecule has 0 atom stereocenters. The Hall–Kier alpha value is -4.02. The average Bonchev–Trinajstić information content (AvgIpc) is 2.91. The molecule has 4 rings (SSSR count). The molecule has 1 aromatic heterocycles. The summed E-state index contributed by atoms with van der Waals surface area (Å²) < 4.78 is 54.6. The van der Waals surface area contributed by atoms with Crippen LogP contribution in [0.2, 0.25) is 0 Å². The van der Waals surface area contributed by atoms with E-state index in [-0.39, 0.29) is 18.3 Å². The number of ether oxygens (including phenoxy) is 3. The van der Waals surface area contributed by atoms with E-state index in [2.05, 4.69) is 10.2 Å². The summed E-state index contributed by atoms with van der Waals surface area (Å²) in [5, 5.41) is 8.68. The van der Waals surface area contributed by atoms with Gasteiger partial charge in [-0.05, 0) is 48.5 Å². The van der Waals surface area contributed by atoms with E-state index in [1.54, 1.807) is 31.3 Å². The van der Waals surface area contributed by atoms with E-state index in [1.165, 1.54) is 12.1 Å². The van der Waals surface area contributed by atoms with Gasteiger partial charge >= 0.3 is 6.18 Å². The first-order valence-electron chi connectivity index (χ1n) is 11.2. The van der Waals surface area contributed by atoms with Gasteiger partial charge in [-0.3, -0.25) is 4.79 Å². The summed E-state index contributed by atoms with van der Waals surface area (Å²) >= 11 is 0. The molecule has 11 heteroatoms. The van der Waals surface area contributed by atoms with Gasteiger partial charge in [0.25, 0.3) is 5.91 Å². The summed E-state index contributed by atoms with van der Waals surface area (Å²) in [5.74, 6) is 1.71. The summed E-state index contributed by atoms with van der Waals surface area (Å²) in [6.07, 6.45) is -4.47. The zero-order valence-electron chi connectivity index (χ0n) is 19.8. The largest absolute Gasteiger partial charge is 0.497 e. The number of hydrogen-bond donors (Lipinski definition) is 0. The van der Waals surface area contributed by atoms with Crippen LogP contribution in [0.15, 0.2) is 54.6 Å². The maximum Gasteiger partial charge on any atom is 0.416 e. The number of benzene rings is 2. The minimum atomic E-state index is -4.47. The summed E-state index contributed by atoms with van der Waals surface area (Å²) in [7, 11) is 3.17. The first-order chi connectivity index (χ1) is 17.3. The Morgan fingerprint density at radius 1 is 0.917 bits per heavy atom. The number of aromatic nitrogens is 2. The SMILES string of the molecule is COc1ccc(OC)c(-c2ccc(N3CCN(C(=O)COc4cccc(C(F)(F)F)c4)CC3)nn2)c1. The molecule has 1 amide bonds. The molecule has 0 bridgehead atoms. The van der Waals surface area contributed by atoms with Crippen molar-refractivity contribution in [1.82, 2.24) is 15.1 Å². The van der Waals surface area contributed by atoms with Crippen LogP contribution in [0.3, 0.4) is 0 Å². The van der Waals surface area contributed by atoms with Crippen LogP contribution in [-0.2, 0) is 11.0 Å². The average molecular weight is 502 g/mol. The summed E-state index contributed by atoms with van der Waals surface area (Å²) in [4.78, 5) is 16.1. The van der Waals surface area contributed by atoms with Crippen molar-refractivity contribution in [2.24, 2.45) is 0 Å². The zero-order valence-corrected chi connectivity index (χ0v) is 19.8. The van der Waals surface area contributed by atoms with Gasteiger partial charge in [-0.1, -0.05) is 6.07 Å². The molecule has 8 nitrogen and oxygen atoms in total. The molecule has 1 saturated heterocycles. The molecule has 0 spiro atoms. The first-order valence-corrected chi connectivity index (χ1v) is 11.2. The predicted octanol–water partition coefficient (Wildman–Crippen LogP) is 3.91. The molecule has 190 valence electrons. The van der Waals surface area contributed by atoms with Crippen molar-refractivity contribution < 1.29 is 32.2 Å². The highest BCUT2D eigenvalue weighted by atomic mass is 19.4. The standard InChI is InChI=1S/C25H25F3N4O4/c1-34-18-6-8-22(35-2)20(15-18)21-7-9-23(30-29-21)31-10-12-32(13-11-31)24(33)16-36-19-5-3-4-17(14-19)25(26,27)28/h3-9,14-15H,10-13,16H2,1-2H3. The lowest BCUT2D eigenvalue weighted by atomic mass is 10.1. The number of carbonyl (C=O) groups excluding carboxylic acids is 1. The smallest absolute Gasteiger partial charge is 0.416 e. The molecule has 1 aliphatic rings. The van der Waals surface area contributed by atoms with Gasteiger partial charge in [0.05, 0.1) is 25.5 Å². The van der Waals surface area contributed by atoms with Gasteiger partial charge in [-0.25, -0.2) is 0 Å². The Balaban J connectivity index is 1.32. The Kier molecular flexibility index (Phi) is 7.47. The highest BCUT2D eigenvalue weighted by molar-refractivity contribution is 5.78. The zero-order chi connectivity index (χ0) is 25.7. The molecule has 0 N–H and O–H groups in total. The molecule has 0 saturated carbocycles. The van der Waals surface area contributed by atoms with Crippen molar-refractivity contribution in [3.8, 4) is 28.5 Å². The van der Waals surface area contributed by atoms with Gasteiger partial charge in [0.2, 0.25) is 0 Å². The summed E-state index contributed by atoms with van der Waals surface area (Å²) in [6, 6.07) is 13.6. The molecule has 3 aromatic rings. The Labute approximate surface area is 206 Å². The van der Waals surface area contributed by atoms with Crippen molar-refractivity contribution >= 4 is 11.7 Å². The minimum absolute atomic E-state index is 0.000147. The lowest BCUT2D eigenvalue weighted by Gasteiger charge is -2.35. The van der Waals surface area contributed by atoms with Crippen molar-refractivity contribution in [2.75, 3.05) is 51.9 Å². The quantitative estimate of drug-likeness (QED) is 0.485. The van der Waals surface area contributed by atoms with E-state index in [0.29, 0.717) is 49.2 Å². The normalized spacial score (nSPS) is 13.9. The van der Waals surface area contributed by atoms with Crippen molar-refractivity contribution in [2.45, 2.75) is 6.18 Å². The number of carbonyl (C=O) groups is 1. The number of methoxy groups -OCH3 is 2. The second kappa shape index (κ2) is 10.7. The number of rotatable bonds is 7. The van der Waals surface area contributed by atoms with E-state index in [1.807, 2.05) is 23.1 Å². The van der Waals surface area contributed by atoms with Gasteiger partial charge < -0.3 is 24.0 Å². The second-order valence-electron chi connectivity index (χ2n) is 8.03. The molecular formula is C25H25F3N4O4. The van der Waals surface area contributed by atoms with Crippen LogP contribution in [-0.4, -0.2) is 68.0 Å². The number of hydrogen-bond acceptors (Lipinski definition) is 7. The van der Waals surface area contributed by atoms with Crippen molar-refractivity contribution in [3.05, 3.63) is 60.2 Å². The van der Waals surface area contributed by atoms with Crippen LogP contribution in [0.5, 0.6) is 17.2 Å². The molecule has 0 radical (unpaired) electrons. The Bertz CT molecular complexity index is 1200. The minimum Gasteiger partial charge on any atom is -0.497 e. The van der Waals surface area contributed by atoms with Crippen molar-refractivity contribution in [1.29, 1.82) is 0 Å². The fraction of sp³-hybridized carbons (Fsp3) is 0.320. The van der Waals surface area contributed by atoms with E-state index in [9.17, 15) is 18.0 Å². The molecule has 0 unspecified atom stereocenters. The second-order valence-corrected chi connectivity index (χ2v) is 8.03. The Morgan fingerprint density at radius 3 is 2.33 bits per heavy atom. The van der Waals surface area contributed by atoms with Gasteiger partial charge in [0.15, 0.2) is 12.4 Å². The third kappa shape index (κ3) is 5.78. The molecule has 1 fully saturated rings. The van der Waals surface area contributed by atoms with Gasteiger partial charge in [0, 0.05) is 31.7 Å². The number of alkyl halides is 3. The molecule has 2 aromatic carbocycles. The van der Waals surface area contributed by atoms with E-state index < -0.39 is 11.7 Å². The van der Waals surface area contributed by atoms with E-state index >= 15 is 0 Å². The number of halogens is 3. The number of anilines is 1. The summed E-state index contributed by atoms with van der Waals surface area (Å²) in [5.41, 5.74) is 0.570. The lowest BCUT2D eigenvalue weighted by Crippen LogP contribution is -2.50. The maximum atomic E-state index is 12.9. The molecule has 1 aliphatic heterocycles. The fourth-order valence-electron chi connectivity index (χ4n) is 3.84. The molecule has 0 aliphatic carbocycles. The van der Waals surface area contributed by atoms with Crippen LogP contribution in [0.25, 0.3) is 11.3 Å². The highest BCUT2D eigenvalue weighted by Crippen LogP contribution is 2.33. The Morgan fingerprint density at radius 2 is 1.69 bits per heavy atom. The van der Waals surface area contributed by atoms with Gasteiger partial charge in [-0.2, -0.15) is 13.2 Å². The highest BCUT2D eigenvalue weighted by Gasteiger charge is 2.30.